The molecule has 4 amide bonds. The summed E-state index contributed by atoms with van der Waals surface area (Å²) in [5.41, 5.74) is 4.62. The van der Waals surface area contributed by atoms with Gasteiger partial charge in [-0.05, 0) is 42.2 Å². The van der Waals surface area contributed by atoms with Gasteiger partial charge in [0, 0.05) is 24.2 Å². The summed E-state index contributed by atoms with van der Waals surface area (Å²) in [6, 6.07) is 12.7. The molecule has 3 unspecified atom stereocenters. The molecule has 10 heteroatoms. The van der Waals surface area contributed by atoms with Crippen molar-refractivity contribution >= 4 is 29.4 Å². The lowest BCUT2D eigenvalue weighted by Gasteiger charge is -2.48. The molecule has 2 saturated heterocycles. The first-order valence-electron chi connectivity index (χ1n) is 11.8. The Bertz CT molecular complexity index is 1130. The van der Waals surface area contributed by atoms with E-state index < -0.39 is 6.29 Å². The summed E-state index contributed by atoms with van der Waals surface area (Å²) in [4.78, 5) is 42.9. The molecule has 2 N–H and O–H groups in total. The molecular weight excluding hydrogens is 473 g/mol. The molecule has 184 valence electrons. The summed E-state index contributed by atoms with van der Waals surface area (Å²) >= 11 is 6.16. The third kappa shape index (κ3) is 4.70. The van der Waals surface area contributed by atoms with Crippen LogP contribution >= 0.6 is 11.6 Å². The van der Waals surface area contributed by atoms with Crippen LogP contribution in [0.15, 0.2) is 48.5 Å². The van der Waals surface area contributed by atoms with Gasteiger partial charge in [-0.3, -0.25) is 14.5 Å². The largest absolute Gasteiger partial charge is 0.350 e. The highest BCUT2D eigenvalue weighted by Gasteiger charge is 2.54. The molecule has 2 aromatic rings. The average molecular weight is 500 g/mol. The molecule has 5 rings (SSSR count). The monoisotopic (exact) mass is 499 g/mol. The predicted octanol–water partition coefficient (Wildman–Crippen LogP) is 3.22. The third-order valence-electron chi connectivity index (χ3n) is 6.97. The van der Waals surface area contributed by atoms with Crippen LogP contribution in [0.25, 0.3) is 0 Å². The normalized spacial score (nSPS) is 23.8. The van der Waals surface area contributed by atoms with E-state index >= 15 is 0 Å². The van der Waals surface area contributed by atoms with Crippen LogP contribution in [0.3, 0.4) is 0 Å². The number of hydrogen-bond donors (Lipinski definition) is 2. The van der Waals surface area contributed by atoms with Crippen molar-refractivity contribution in [3.05, 3.63) is 70.5 Å². The minimum Gasteiger partial charge on any atom is -0.350 e. The minimum atomic E-state index is -0.698. The van der Waals surface area contributed by atoms with Crippen LogP contribution in [0, 0.1) is 11.7 Å². The Hall–Kier alpha value is -3.17. The Kier molecular flexibility index (Phi) is 6.62. The van der Waals surface area contributed by atoms with Crippen LogP contribution in [0.1, 0.15) is 36.8 Å². The molecule has 0 spiro atoms. The second-order valence-electron chi connectivity index (χ2n) is 9.20. The SMILES string of the molecule is O=C(CN1NC2N(Cc3ccc(F)cc3)C(=O)C3CCCCC3N2C1=O)NCc1ccccc1Cl. The van der Waals surface area contributed by atoms with Gasteiger partial charge in [0.1, 0.15) is 12.4 Å². The fourth-order valence-corrected chi connectivity index (χ4v) is 5.41. The van der Waals surface area contributed by atoms with Crippen molar-refractivity contribution in [3.8, 4) is 0 Å². The number of urea groups is 1. The van der Waals surface area contributed by atoms with Crippen molar-refractivity contribution in [1.29, 1.82) is 0 Å². The van der Waals surface area contributed by atoms with Crippen LogP contribution in [-0.2, 0) is 22.7 Å². The van der Waals surface area contributed by atoms with Gasteiger partial charge in [0.15, 0.2) is 6.29 Å². The molecule has 3 fully saturated rings. The molecule has 8 nitrogen and oxygen atoms in total. The molecule has 2 aliphatic heterocycles. The molecule has 1 saturated carbocycles. The van der Waals surface area contributed by atoms with E-state index in [2.05, 4.69) is 10.7 Å². The fourth-order valence-electron chi connectivity index (χ4n) is 5.21. The van der Waals surface area contributed by atoms with Crippen molar-refractivity contribution in [2.24, 2.45) is 5.92 Å². The molecule has 3 atom stereocenters. The number of benzene rings is 2. The maximum Gasteiger partial charge on any atom is 0.337 e. The van der Waals surface area contributed by atoms with Crippen molar-refractivity contribution < 1.29 is 18.8 Å². The molecule has 0 radical (unpaired) electrons. The van der Waals surface area contributed by atoms with Crippen molar-refractivity contribution in [3.63, 3.8) is 0 Å². The minimum absolute atomic E-state index is 0.0226. The first-order valence-corrected chi connectivity index (χ1v) is 12.2. The van der Waals surface area contributed by atoms with Crippen LogP contribution in [-0.4, -0.2) is 51.5 Å². The van der Waals surface area contributed by atoms with Gasteiger partial charge in [0.25, 0.3) is 0 Å². The summed E-state index contributed by atoms with van der Waals surface area (Å²) in [6.07, 6.45) is 2.65. The van der Waals surface area contributed by atoms with Gasteiger partial charge in [-0.1, -0.05) is 54.8 Å². The number of rotatable bonds is 6. The van der Waals surface area contributed by atoms with Gasteiger partial charge in [-0.15, -0.1) is 0 Å². The molecule has 2 heterocycles. The zero-order valence-corrected chi connectivity index (χ0v) is 19.9. The van der Waals surface area contributed by atoms with E-state index in [-0.39, 0.29) is 55.3 Å². The predicted molar refractivity (Wildman–Crippen MR) is 127 cm³/mol. The lowest BCUT2D eigenvalue weighted by atomic mass is 9.81. The maximum atomic E-state index is 13.5. The summed E-state index contributed by atoms with van der Waals surface area (Å²) in [5, 5.41) is 4.62. The topological polar surface area (TPSA) is 85.0 Å². The summed E-state index contributed by atoms with van der Waals surface area (Å²) in [7, 11) is 0. The first-order chi connectivity index (χ1) is 16.9. The van der Waals surface area contributed by atoms with Gasteiger partial charge < -0.3 is 10.2 Å². The number of amides is 4. The highest BCUT2D eigenvalue weighted by atomic mass is 35.5. The third-order valence-corrected chi connectivity index (χ3v) is 7.34. The number of carbonyl (C=O) groups is 3. The lowest BCUT2D eigenvalue weighted by molar-refractivity contribution is -0.157. The Morgan fingerprint density at radius 1 is 1.09 bits per heavy atom. The van der Waals surface area contributed by atoms with E-state index in [9.17, 15) is 18.8 Å². The number of nitrogens with zero attached hydrogens (tertiary/aromatic N) is 3. The van der Waals surface area contributed by atoms with Crippen LogP contribution in [0.5, 0.6) is 0 Å². The second-order valence-corrected chi connectivity index (χ2v) is 9.61. The highest BCUT2D eigenvalue weighted by molar-refractivity contribution is 6.31. The quantitative estimate of drug-likeness (QED) is 0.639. The summed E-state index contributed by atoms with van der Waals surface area (Å²) < 4.78 is 13.4. The zero-order valence-electron chi connectivity index (χ0n) is 19.1. The van der Waals surface area contributed by atoms with Crippen molar-refractivity contribution in [2.45, 2.75) is 51.1 Å². The van der Waals surface area contributed by atoms with E-state index in [1.54, 1.807) is 28.0 Å². The van der Waals surface area contributed by atoms with E-state index in [4.69, 9.17) is 11.6 Å². The van der Waals surface area contributed by atoms with Gasteiger partial charge in [0.2, 0.25) is 11.8 Å². The first kappa shape index (κ1) is 23.6. The smallest absolute Gasteiger partial charge is 0.337 e. The Balaban J connectivity index is 1.32. The standard InChI is InChI=1S/C25H27ClFN5O3/c26-20-7-3-1-5-17(20)13-28-22(33)15-31-25(35)32-21-8-4-2-6-19(21)23(34)30(24(32)29-31)14-16-9-11-18(27)12-10-16/h1,3,5,7,9-12,19,21,24,29H,2,4,6,8,13-15H2,(H,28,33). The van der Waals surface area contributed by atoms with Gasteiger partial charge in [0.05, 0.1) is 5.92 Å². The van der Waals surface area contributed by atoms with E-state index in [0.29, 0.717) is 5.02 Å². The molecule has 35 heavy (non-hydrogen) atoms. The van der Waals surface area contributed by atoms with Crippen LogP contribution in [0.4, 0.5) is 9.18 Å². The second kappa shape index (κ2) is 9.83. The van der Waals surface area contributed by atoms with Gasteiger partial charge in [-0.2, -0.15) is 5.43 Å². The number of hydrazine groups is 1. The molecular formula is C25H27ClFN5O3. The maximum absolute atomic E-state index is 13.5. The molecule has 2 aromatic carbocycles. The molecule has 3 aliphatic rings. The summed E-state index contributed by atoms with van der Waals surface area (Å²) in [6.45, 7) is 0.274. The van der Waals surface area contributed by atoms with E-state index in [1.807, 2.05) is 18.2 Å². The summed E-state index contributed by atoms with van der Waals surface area (Å²) in [5.74, 6) is -0.996. The van der Waals surface area contributed by atoms with Crippen molar-refractivity contribution in [1.82, 2.24) is 25.6 Å². The Labute approximate surface area is 208 Å². The highest BCUT2D eigenvalue weighted by Crippen LogP contribution is 2.38. The average Bonchev–Trinajstić information content (AvgIpc) is 3.18. The Morgan fingerprint density at radius 3 is 2.60 bits per heavy atom. The van der Waals surface area contributed by atoms with Crippen LogP contribution in [0.2, 0.25) is 5.02 Å². The lowest BCUT2D eigenvalue weighted by Crippen LogP contribution is -2.65. The number of nitrogens with one attached hydrogen (secondary N) is 2. The zero-order chi connectivity index (χ0) is 24.5. The van der Waals surface area contributed by atoms with E-state index in [1.165, 1.54) is 17.1 Å². The van der Waals surface area contributed by atoms with Gasteiger partial charge in [-0.25, -0.2) is 14.2 Å². The van der Waals surface area contributed by atoms with Crippen LogP contribution < -0.4 is 10.7 Å². The molecule has 0 bridgehead atoms. The molecule has 0 aromatic heterocycles. The molecule has 1 aliphatic carbocycles. The van der Waals surface area contributed by atoms with E-state index in [0.717, 1.165) is 36.8 Å². The Morgan fingerprint density at radius 2 is 1.83 bits per heavy atom. The number of fused-ring (bicyclic) bond motifs is 3. The van der Waals surface area contributed by atoms with Gasteiger partial charge >= 0.3 is 6.03 Å². The van der Waals surface area contributed by atoms with Crippen molar-refractivity contribution in [2.75, 3.05) is 6.54 Å². The number of hydrogen-bond acceptors (Lipinski definition) is 4. The number of halogens is 2. The number of carbonyl (C=O) groups excluding carboxylic acids is 3. The fraction of sp³-hybridized carbons (Fsp3) is 0.400.